The number of nitrogens with zero attached hydrogens (tertiary/aromatic N) is 4. The number of rotatable bonds is 7. The molecule has 3 aromatic rings. The maximum atomic E-state index is 11.5. The highest BCUT2D eigenvalue weighted by atomic mass is 16.5. The van der Waals surface area contributed by atoms with Crippen molar-refractivity contribution in [3.63, 3.8) is 0 Å². The second kappa shape index (κ2) is 9.68. The molecular formula is C24H29N5O4. The van der Waals surface area contributed by atoms with Gasteiger partial charge in [0.25, 0.3) is 0 Å². The summed E-state index contributed by atoms with van der Waals surface area (Å²) in [5, 5.41) is 10.8. The van der Waals surface area contributed by atoms with Crippen molar-refractivity contribution in [1.29, 1.82) is 0 Å². The normalized spacial score (nSPS) is 16.7. The Balaban J connectivity index is 1.60. The lowest BCUT2D eigenvalue weighted by Gasteiger charge is -2.31. The summed E-state index contributed by atoms with van der Waals surface area (Å²) >= 11 is 0. The van der Waals surface area contributed by atoms with Crippen molar-refractivity contribution in [2.24, 2.45) is 5.73 Å². The highest BCUT2D eigenvalue weighted by molar-refractivity contribution is 5.83. The topological polar surface area (TPSA) is 124 Å². The van der Waals surface area contributed by atoms with Gasteiger partial charge in [-0.2, -0.15) is 0 Å². The van der Waals surface area contributed by atoms with Gasteiger partial charge < -0.3 is 25.2 Å². The van der Waals surface area contributed by atoms with Crippen LogP contribution in [0.1, 0.15) is 32.3 Å². The van der Waals surface area contributed by atoms with E-state index in [9.17, 15) is 9.90 Å². The summed E-state index contributed by atoms with van der Waals surface area (Å²) in [7, 11) is 0. The largest absolute Gasteiger partial charge is 0.473 e. The summed E-state index contributed by atoms with van der Waals surface area (Å²) in [5.41, 5.74) is 8.20. The Morgan fingerprint density at radius 3 is 2.67 bits per heavy atom. The lowest BCUT2D eigenvalue weighted by atomic mass is 9.88. The number of urea groups is 1. The Labute approximate surface area is 192 Å². The lowest BCUT2D eigenvalue weighted by molar-refractivity contribution is -0.0346. The van der Waals surface area contributed by atoms with Crippen molar-refractivity contribution in [2.75, 3.05) is 26.3 Å². The van der Waals surface area contributed by atoms with Gasteiger partial charge in [-0.15, -0.1) is 0 Å². The highest BCUT2D eigenvalue weighted by Gasteiger charge is 2.25. The van der Waals surface area contributed by atoms with E-state index in [2.05, 4.69) is 9.97 Å². The zero-order chi connectivity index (χ0) is 23.4. The smallest absolute Gasteiger partial charge is 0.314 e. The van der Waals surface area contributed by atoms with Gasteiger partial charge in [0.1, 0.15) is 12.7 Å². The van der Waals surface area contributed by atoms with Crippen LogP contribution in [0.5, 0.6) is 5.88 Å². The summed E-state index contributed by atoms with van der Waals surface area (Å²) in [6.45, 7) is 5.38. The van der Waals surface area contributed by atoms with E-state index in [0.29, 0.717) is 55.1 Å². The molecule has 0 spiro atoms. The summed E-state index contributed by atoms with van der Waals surface area (Å²) < 4.78 is 11.7. The van der Waals surface area contributed by atoms with E-state index < -0.39 is 11.6 Å². The van der Waals surface area contributed by atoms with E-state index in [-0.39, 0.29) is 12.7 Å². The third kappa shape index (κ3) is 4.89. The Bertz CT molecular complexity index is 1120. The van der Waals surface area contributed by atoms with Crippen LogP contribution in [0.4, 0.5) is 4.79 Å². The third-order valence-corrected chi connectivity index (χ3v) is 6.17. The number of hydrogen-bond donors (Lipinski definition) is 2. The van der Waals surface area contributed by atoms with Crippen LogP contribution in [0.2, 0.25) is 0 Å². The van der Waals surface area contributed by atoms with E-state index in [1.807, 2.05) is 44.2 Å². The van der Waals surface area contributed by atoms with Crippen LogP contribution in [0, 0.1) is 0 Å². The van der Waals surface area contributed by atoms with Crippen LogP contribution >= 0.6 is 0 Å². The second-order valence-electron chi connectivity index (χ2n) is 8.14. The fourth-order valence-corrected chi connectivity index (χ4v) is 3.99. The molecule has 1 aromatic carbocycles. The number of carbonyl (C=O) groups excluding carboxylic acids is 1. The molecule has 2 aromatic heterocycles. The minimum Gasteiger partial charge on any atom is -0.473 e. The maximum Gasteiger partial charge on any atom is 0.314 e. The van der Waals surface area contributed by atoms with E-state index in [0.717, 1.165) is 11.1 Å². The fraction of sp³-hybridized carbons (Fsp3) is 0.417. The Kier molecular flexibility index (Phi) is 6.71. The van der Waals surface area contributed by atoms with Crippen LogP contribution in [-0.2, 0) is 10.3 Å². The predicted octanol–water partition coefficient (Wildman–Crippen LogP) is 2.86. The van der Waals surface area contributed by atoms with Crippen molar-refractivity contribution < 1.29 is 19.4 Å². The molecule has 174 valence electrons. The summed E-state index contributed by atoms with van der Waals surface area (Å²) in [5.74, 6) is 0.345. The number of primary amides is 1. The number of aliphatic hydroxyl groups is 1. The van der Waals surface area contributed by atoms with Crippen molar-refractivity contribution in [3.8, 4) is 17.1 Å². The van der Waals surface area contributed by atoms with Crippen LogP contribution in [-0.4, -0.2) is 63.4 Å². The molecule has 3 heterocycles. The number of carbonyl (C=O) groups is 1. The van der Waals surface area contributed by atoms with Crippen molar-refractivity contribution in [1.82, 2.24) is 19.9 Å². The first-order valence-electron chi connectivity index (χ1n) is 11.2. The molecule has 3 N–H and O–H groups in total. The quantitative estimate of drug-likeness (QED) is 0.566. The van der Waals surface area contributed by atoms with E-state index in [4.69, 9.17) is 20.2 Å². The van der Waals surface area contributed by atoms with Gasteiger partial charge in [0.15, 0.2) is 5.52 Å². The summed E-state index contributed by atoms with van der Waals surface area (Å²) in [6.07, 6.45) is 4.18. The van der Waals surface area contributed by atoms with E-state index in [1.165, 1.54) is 4.90 Å². The minimum atomic E-state index is -0.839. The summed E-state index contributed by atoms with van der Waals surface area (Å²) in [4.78, 5) is 26.5. The van der Waals surface area contributed by atoms with Gasteiger partial charge in [0.05, 0.1) is 30.0 Å². The van der Waals surface area contributed by atoms with Gasteiger partial charge in [0.2, 0.25) is 5.88 Å². The molecule has 9 nitrogen and oxygen atoms in total. The van der Waals surface area contributed by atoms with Gasteiger partial charge in [-0.3, -0.25) is 4.98 Å². The molecule has 1 aliphatic rings. The third-order valence-electron chi connectivity index (χ3n) is 6.17. The van der Waals surface area contributed by atoms with E-state index >= 15 is 0 Å². The summed E-state index contributed by atoms with van der Waals surface area (Å²) in [6, 6.07) is 9.13. The Morgan fingerprint density at radius 2 is 1.97 bits per heavy atom. The SMILES string of the molecule is CCC(O)(CC)c1ccc(-c2cc3nccnc3c(OC[C@@H]3CN(C(N)=O)CCO3)n2)cc1. The van der Waals surface area contributed by atoms with Gasteiger partial charge in [-0.05, 0) is 24.5 Å². The number of ether oxygens (including phenoxy) is 2. The van der Waals surface area contributed by atoms with Gasteiger partial charge in [-0.25, -0.2) is 14.8 Å². The molecule has 1 saturated heterocycles. The molecule has 9 heteroatoms. The van der Waals surface area contributed by atoms with Crippen LogP contribution in [0.3, 0.4) is 0 Å². The molecule has 0 unspecified atom stereocenters. The van der Waals surface area contributed by atoms with Crippen molar-refractivity contribution >= 4 is 17.1 Å². The molecule has 2 amide bonds. The number of aromatic nitrogens is 3. The highest BCUT2D eigenvalue weighted by Crippen LogP contribution is 2.31. The minimum absolute atomic E-state index is 0.199. The zero-order valence-corrected chi connectivity index (χ0v) is 18.9. The number of fused-ring (bicyclic) bond motifs is 1. The maximum absolute atomic E-state index is 11.5. The van der Waals surface area contributed by atoms with Crippen molar-refractivity contribution in [3.05, 3.63) is 48.3 Å². The molecule has 1 aliphatic heterocycles. The van der Waals surface area contributed by atoms with Crippen LogP contribution in [0.25, 0.3) is 22.3 Å². The molecule has 0 saturated carbocycles. The Morgan fingerprint density at radius 1 is 1.24 bits per heavy atom. The number of benzene rings is 1. The lowest BCUT2D eigenvalue weighted by Crippen LogP contribution is -2.49. The fourth-order valence-electron chi connectivity index (χ4n) is 3.99. The molecular weight excluding hydrogens is 422 g/mol. The Hall–Kier alpha value is -3.30. The second-order valence-corrected chi connectivity index (χ2v) is 8.14. The van der Waals surface area contributed by atoms with Crippen LogP contribution in [0.15, 0.2) is 42.7 Å². The first kappa shape index (κ1) is 22.9. The van der Waals surface area contributed by atoms with E-state index in [1.54, 1.807) is 12.4 Å². The standard InChI is InChI=1S/C24H29N5O4/c1-3-24(31,4-2)17-7-5-16(6-8-17)19-13-20-21(27-10-9-26-20)22(28-19)33-15-18-14-29(23(25)30)11-12-32-18/h5-10,13,18,31H,3-4,11-12,14-15H2,1-2H3,(H2,25,30)/t18-/m0/s1. The number of pyridine rings is 1. The monoisotopic (exact) mass is 451 g/mol. The number of hydrogen-bond acceptors (Lipinski definition) is 7. The van der Waals surface area contributed by atoms with Crippen LogP contribution < -0.4 is 10.5 Å². The van der Waals surface area contributed by atoms with Gasteiger partial charge >= 0.3 is 6.03 Å². The molecule has 1 fully saturated rings. The number of nitrogens with two attached hydrogens (primary N) is 1. The first-order valence-corrected chi connectivity index (χ1v) is 11.2. The molecule has 33 heavy (non-hydrogen) atoms. The zero-order valence-electron chi connectivity index (χ0n) is 18.9. The average molecular weight is 452 g/mol. The molecule has 0 bridgehead atoms. The number of morpholine rings is 1. The van der Waals surface area contributed by atoms with Gasteiger partial charge in [0, 0.05) is 24.5 Å². The van der Waals surface area contributed by atoms with Crippen molar-refractivity contribution in [2.45, 2.75) is 38.4 Å². The number of amides is 2. The van der Waals surface area contributed by atoms with Gasteiger partial charge in [-0.1, -0.05) is 38.1 Å². The first-order chi connectivity index (χ1) is 15.9. The molecule has 0 radical (unpaired) electrons. The predicted molar refractivity (Wildman–Crippen MR) is 124 cm³/mol. The average Bonchev–Trinajstić information content (AvgIpc) is 2.87. The molecule has 0 aliphatic carbocycles. The molecule has 1 atom stereocenters. The molecule has 4 rings (SSSR count).